The molecule has 2 heterocycles. The van der Waals surface area contributed by atoms with Gasteiger partial charge in [-0.05, 0) is 48.9 Å². The second kappa shape index (κ2) is 8.91. The molecule has 0 radical (unpaired) electrons. The average Bonchev–Trinajstić information content (AvgIpc) is 3.24. The van der Waals surface area contributed by atoms with Crippen LogP contribution in [-0.4, -0.2) is 45.3 Å². The van der Waals surface area contributed by atoms with Gasteiger partial charge >= 0.3 is 11.9 Å². The van der Waals surface area contributed by atoms with Gasteiger partial charge in [0, 0.05) is 16.6 Å². The molecule has 2 aliphatic heterocycles. The lowest BCUT2D eigenvalue weighted by atomic mass is 9.77. The number of rotatable bonds is 6. The van der Waals surface area contributed by atoms with Gasteiger partial charge in [0.2, 0.25) is 11.8 Å². The van der Waals surface area contributed by atoms with Crippen molar-refractivity contribution in [2.45, 2.75) is 24.9 Å². The molecule has 2 aliphatic rings. The molecule has 35 heavy (non-hydrogen) atoms. The van der Waals surface area contributed by atoms with E-state index in [2.05, 4.69) is 5.32 Å². The van der Waals surface area contributed by atoms with E-state index in [1.807, 2.05) is 0 Å². The maximum atomic E-state index is 13.6. The molecule has 2 amide bonds. The van der Waals surface area contributed by atoms with Crippen LogP contribution in [-0.2, 0) is 19.2 Å². The summed E-state index contributed by atoms with van der Waals surface area (Å²) in [5.41, 5.74) is -1.70. The van der Waals surface area contributed by atoms with E-state index < -0.39 is 53.6 Å². The van der Waals surface area contributed by atoms with Crippen molar-refractivity contribution in [1.82, 2.24) is 5.32 Å². The molecule has 2 saturated heterocycles. The van der Waals surface area contributed by atoms with Crippen LogP contribution in [0.4, 0.5) is 5.69 Å². The molecule has 9 nitrogen and oxygen atoms in total. The number of Topliss-reactive ketones (excluding diaryl/α,β-unsaturated/α-hetero) is 1. The SMILES string of the molecule is CC(=O)c1ccc(N2C(=O)C3C(c4cc(Cl)cc(Cl)c4Cl)NC(CC(=O)O)(C(=O)O)C3C2=O)cc1. The summed E-state index contributed by atoms with van der Waals surface area (Å²) in [6, 6.07) is 7.18. The van der Waals surface area contributed by atoms with E-state index >= 15 is 0 Å². The molecular formula is C23H17Cl3N2O7. The van der Waals surface area contributed by atoms with Crippen LogP contribution in [0.25, 0.3) is 0 Å². The second-order valence-electron chi connectivity index (χ2n) is 8.38. The molecule has 4 rings (SSSR count). The van der Waals surface area contributed by atoms with Crippen molar-refractivity contribution < 1.29 is 34.2 Å². The number of nitrogens with one attached hydrogen (secondary N) is 1. The summed E-state index contributed by atoms with van der Waals surface area (Å²) in [6.45, 7) is 1.36. The molecule has 3 N–H and O–H groups in total. The molecule has 0 saturated carbocycles. The van der Waals surface area contributed by atoms with Crippen LogP contribution in [0.1, 0.15) is 35.3 Å². The number of halogens is 3. The van der Waals surface area contributed by atoms with E-state index in [0.717, 1.165) is 4.90 Å². The largest absolute Gasteiger partial charge is 0.481 e. The molecule has 2 aromatic carbocycles. The first-order valence-corrected chi connectivity index (χ1v) is 11.4. The van der Waals surface area contributed by atoms with Crippen molar-refractivity contribution in [3.05, 3.63) is 62.6 Å². The van der Waals surface area contributed by atoms with Gasteiger partial charge in [-0.1, -0.05) is 34.8 Å². The van der Waals surface area contributed by atoms with Crippen molar-refractivity contribution in [2.24, 2.45) is 11.8 Å². The highest BCUT2D eigenvalue weighted by Gasteiger charge is 2.69. The number of amides is 2. The summed E-state index contributed by atoms with van der Waals surface area (Å²) in [5.74, 6) is -7.87. The molecule has 0 bridgehead atoms. The van der Waals surface area contributed by atoms with Gasteiger partial charge in [0.15, 0.2) is 5.78 Å². The predicted molar refractivity (Wildman–Crippen MR) is 126 cm³/mol. The highest BCUT2D eigenvalue weighted by Crippen LogP contribution is 2.52. The Labute approximate surface area is 213 Å². The van der Waals surface area contributed by atoms with Crippen molar-refractivity contribution in [3.8, 4) is 0 Å². The summed E-state index contributed by atoms with van der Waals surface area (Å²) in [5, 5.41) is 22.5. The lowest BCUT2D eigenvalue weighted by Gasteiger charge is -2.30. The summed E-state index contributed by atoms with van der Waals surface area (Å²) in [6.07, 6.45) is -0.984. The zero-order valence-electron chi connectivity index (χ0n) is 17.9. The van der Waals surface area contributed by atoms with Crippen LogP contribution in [0, 0.1) is 11.8 Å². The molecule has 4 atom stereocenters. The molecule has 0 aliphatic carbocycles. The fourth-order valence-corrected chi connectivity index (χ4v) is 5.58. The minimum atomic E-state index is -2.32. The zero-order chi connectivity index (χ0) is 25.8. The number of hydrogen-bond donors (Lipinski definition) is 3. The minimum Gasteiger partial charge on any atom is -0.481 e. The number of carboxylic acids is 2. The van der Waals surface area contributed by atoms with Crippen molar-refractivity contribution in [1.29, 1.82) is 0 Å². The molecule has 182 valence electrons. The molecule has 4 unspecified atom stereocenters. The van der Waals surface area contributed by atoms with Crippen LogP contribution in [0.2, 0.25) is 15.1 Å². The number of aliphatic carboxylic acids is 2. The first-order valence-electron chi connectivity index (χ1n) is 10.2. The molecule has 12 heteroatoms. The standard InChI is InChI=1S/C23H17Cl3N2O7/c1-9(29)10-2-4-12(5-3-10)28-20(32)16-17(21(28)33)23(22(34)35,8-15(30)31)27-19(16)13-6-11(24)7-14(25)18(13)26/h2-7,16-17,19,27H,8H2,1H3,(H,30,31)(H,34,35). The number of hydrogen-bond acceptors (Lipinski definition) is 6. The lowest BCUT2D eigenvalue weighted by molar-refractivity contribution is -0.154. The number of nitrogens with zero attached hydrogens (tertiary/aromatic N) is 1. The fraction of sp³-hybridized carbons (Fsp3) is 0.261. The number of fused-ring (bicyclic) bond motifs is 1. The van der Waals surface area contributed by atoms with Crippen LogP contribution >= 0.6 is 34.8 Å². The van der Waals surface area contributed by atoms with Crippen molar-refractivity contribution >= 4 is 70.0 Å². The minimum absolute atomic E-state index is 0.0201. The highest BCUT2D eigenvalue weighted by atomic mass is 35.5. The zero-order valence-corrected chi connectivity index (χ0v) is 20.2. The number of benzene rings is 2. The van der Waals surface area contributed by atoms with Crippen LogP contribution in [0.5, 0.6) is 0 Å². The normalized spacial score (nSPS) is 25.6. The van der Waals surface area contributed by atoms with Gasteiger partial charge in [0.25, 0.3) is 0 Å². The van der Waals surface area contributed by atoms with Gasteiger partial charge in [0.05, 0.1) is 34.0 Å². The number of ketones is 1. The smallest absolute Gasteiger partial charge is 0.325 e. The van der Waals surface area contributed by atoms with E-state index in [0.29, 0.717) is 5.56 Å². The van der Waals surface area contributed by atoms with E-state index in [-0.39, 0.29) is 32.1 Å². The number of carbonyl (C=O) groups is 5. The molecule has 0 aromatic heterocycles. The summed E-state index contributed by atoms with van der Waals surface area (Å²) >= 11 is 18.6. The average molecular weight is 540 g/mol. The quantitative estimate of drug-likeness (QED) is 0.287. The number of carbonyl (C=O) groups excluding carboxylic acids is 3. The molecule has 0 spiro atoms. The van der Waals surface area contributed by atoms with Gasteiger partial charge in [-0.2, -0.15) is 0 Å². The third kappa shape index (κ3) is 3.98. The van der Waals surface area contributed by atoms with Gasteiger partial charge < -0.3 is 10.2 Å². The maximum absolute atomic E-state index is 13.6. The molecule has 2 aromatic rings. The summed E-state index contributed by atoms with van der Waals surface area (Å²) < 4.78 is 0. The Hall–Kier alpha value is -2.98. The molecule has 2 fully saturated rings. The van der Waals surface area contributed by atoms with E-state index in [9.17, 15) is 34.2 Å². The van der Waals surface area contributed by atoms with Crippen molar-refractivity contribution in [3.63, 3.8) is 0 Å². The van der Waals surface area contributed by atoms with Crippen molar-refractivity contribution in [2.75, 3.05) is 4.90 Å². The Kier molecular flexibility index (Phi) is 6.39. The van der Waals surface area contributed by atoms with E-state index in [4.69, 9.17) is 34.8 Å². The van der Waals surface area contributed by atoms with Gasteiger partial charge in [0.1, 0.15) is 5.54 Å². The monoisotopic (exact) mass is 538 g/mol. The Morgan fingerprint density at radius 1 is 1.03 bits per heavy atom. The van der Waals surface area contributed by atoms with E-state index in [1.165, 1.54) is 43.3 Å². The predicted octanol–water partition coefficient (Wildman–Crippen LogP) is 3.60. The summed E-state index contributed by atoms with van der Waals surface area (Å²) in [4.78, 5) is 63.8. The second-order valence-corrected chi connectivity index (χ2v) is 9.60. The Balaban J connectivity index is 1.90. The molecular weight excluding hydrogens is 523 g/mol. The summed E-state index contributed by atoms with van der Waals surface area (Å²) in [7, 11) is 0. The first-order chi connectivity index (χ1) is 16.4. The van der Waals surface area contributed by atoms with E-state index in [1.54, 1.807) is 0 Å². The van der Waals surface area contributed by atoms with Gasteiger partial charge in [-0.25, -0.2) is 4.90 Å². The third-order valence-electron chi connectivity index (χ3n) is 6.35. The number of imide groups is 1. The van der Waals surface area contributed by atoms with Gasteiger partial charge in [-0.15, -0.1) is 0 Å². The Morgan fingerprint density at radius 2 is 1.66 bits per heavy atom. The topological polar surface area (TPSA) is 141 Å². The third-order valence-corrected chi connectivity index (χ3v) is 7.39. The van der Waals surface area contributed by atoms with Crippen LogP contribution in [0.15, 0.2) is 36.4 Å². The Morgan fingerprint density at radius 3 is 2.20 bits per heavy atom. The first kappa shape index (κ1) is 25.1. The van der Waals surface area contributed by atoms with Gasteiger partial charge in [-0.3, -0.25) is 29.3 Å². The Bertz CT molecular complexity index is 1300. The number of carboxylic acid groups (broad SMARTS) is 2. The maximum Gasteiger partial charge on any atom is 0.325 e. The number of anilines is 1. The highest BCUT2D eigenvalue weighted by molar-refractivity contribution is 6.43. The van der Waals surface area contributed by atoms with Crippen LogP contribution in [0.3, 0.4) is 0 Å². The lowest BCUT2D eigenvalue weighted by Crippen LogP contribution is -2.57. The fourth-order valence-electron chi connectivity index (χ4n) is 4.85. The van der Waals surface area contributed by atoms with Crippen LogP contribution < -0.4 is 10.2 Å².